The van der Waals surface area contributed by atoms with Gasteiger partial charge in [0.05, 0.1) is 7.11 Å². The number of rotatable bonds is 5. The van der Waals surface area contributed by atoms with Crippen LogP contribution >= 0.6 is 0 Å². The first-order valence-corrected chi connectivity index (χ1v) is 7.92. The zero-order chi connectivity index (χ0) is 16.1. The Morgan fingerprint density at radius 1 is 0.913 bits per heavy atom. The van der Waals surface area contributed by atoms with Gasteiger partial charge in [-0.3, -0.25) is 0 Å². The van der Waals surface area contributed by atoms with Crippen molar-refractivity contribution < 1.29 is 4.74 Å². The van der Waals surface area contributed by atoms with E-state index in [2.05, 4.69) is 80.1 Å². The Labute approximate surface area is 138 Å². The molecule has 1 radical (unpaired) electrons. The van der Waals surface area contributed by atoms with Crippen molar-refractivity contribution in [3.05, 3.63) is 83.8 Å². The fourth-order valence-electron chi connectivity index (χ4n) is 2.86. The summed E-state index contributed by atoms with van der Waals surface area (Å²) in [6, 6.07) is 21.2. The molecule has 0 heterocycles. The summed E-state index contributed by atoms with van der Waals surface area (Å²) in [6.45, 7) is 2.09. The largest absolute Gasteiger partial charge is 0.496 e. The van der Waals surface area contributed by atoms with Crippen molar-refractivity contribution in [3.63, 3.8) is 0 Å². The Morgan fingerprint density at radius 2 is 1.78 bits per heavy atom. The van der Waals surface area contributed by atoms with E-state index < -0.39 is 0 Å². The van der Waals surface area contributed by atoms with E-state index in [1.165, 1.54) is 21.9 Å². The molecule has 0 unspecified atom stereocenters. The lowest BCUT2D eigenvalue weighted by molar-refractivity contribution is 0.414. The fraction of sp³-hybridized carbons (Fsp3) is 0.136. The second-order valence-electron chi connectivity index (χ2n) is 5.59. The second kappa shape index (κ2) is 7.15. The van der Waals surface area contributed by atoms with E-state index in [1.54, 1.807) is 7.11 Å². The lowest BCUT2D eigenvalue weighted by atomic mass is 10.0. The molecule has 0 fully saturated rings. The van der Waals surface area contributed by atoms with Gasteiger partial charge >= 0.3 is 0 Å². The summed E-state index contributed by atoms with van der Waals surface area (Å²) in [7, 11) is 1.72. The van der Waals surface area contributed by atoms with Gasteiger partial charge in [-0.15, -0.1) is 0 Å². The van der Waals surface area contributed by atoms with E-state index >= 15 is 0 Å². The van der Waals surface area contributed by atoms with E-state index in [0.29, 0.717) is 0 Å². The van der Waals surface area contributed by atoms with Crippen molar-refractivity contribution in [2.75, 3.05) is 7.11 Å². The normalized spacial score (nSPS) is 11.2. The number of hydrogen-bond donors (Lipinski definition) is 0. The summed E-state index contributed by atoms with van der Waals surface area (Å²) in [4.78, 5) is 0. The Hall–Kier alpha value is -2.54. The van der Waals surface area contributed by atoms with Crippen LogP contribution in [-0.4, -0.2) is 7.11 Å². The fourth-order valence-corrected chi connectivity index (χ4v) is 2.86. The van der Waals surface area contributed by atoms with Crippen molar-refractivity contribution in [1.29, 1.82) is 0 Å². The van der Waals surface area contributed by atoms with Crippen LogP contribution in [0.25, 0.3) is 22.9 Å². The molecule has 0 aliphatic carbocycles. The van der Waals surface area contributed by atoms with Gasteiger partial charge in [0.25, 0.3) is 0 Å². The summed E-state index contributed by atoms with van der Waals surface area (Å²) >= 11 is 0. The molecule has 0 N–H and O–H groups in total. The van der Waals surface area contributed by atoms with Gasteiger partial charge in [0.1, 0.15) is 5.75 Å². The quantitative estimate of drug-likeness (QED) is 0.542. The Morgan fingerprint density at radius 3 is 2.61 bits per heavy atom. The molecule has 0 saturated heterocycles. The predicted octanol–water partition coefficient (Wildman–Crippen LogP) is 5.79. The number of ether oxygens (including phenoxy) is 1. The molecule has 3 rings (SSSR count). The number of benzene rings is 3. The average Bonchev–Trinajstić information content (AvgIpc) is 2.60. The van der Waals surface area contributed by atoms with Crippen molar-refractivity contribution in [1.82, 2.24) is 0 Å². The molecule has 23 heavy (non-hydrogen) atoms. The monoisotopic (exact) mass is 301 g/mol. The van der Waals surface area contributed by atoms with Crippen LogP contribution in [0.1, 0.15) is 23.6 Å². The van der Waals surface area contributed by atoms with E-state index in [9.17, 15) is 0 Å². The summed E-state index contributed by atoms with van der Waals surface area (Å²) in [5, 5.41) is 2.43. The number of fused-ring (bicyclic) bond motifs is 1. The second-order valence-corrected chi connectivity index (χ2v) is 5.59. The van der Waals surface area contributed by atoms with Gasteiger partial charge in [-0.25, -0.2) is 0 Å². The molecular weight excluding hydrogens is 280 g/mol. The van der Waals surface area contributed by atoms with Crippen molar-refractivity contribution in [2.24, 2.45) is 0 Å². The van der Waals surface area contributed by atoms with Crippen LogP contribution in [0.3, 0.4) is 0 Å². The first kappa shape index (κ1) is 15.4. The summed E-state index contributed by atoms with van der Waals surface area (Å²) in [5.74, 6) is 0.901. The smallest absolute Gasteiger partial charge is 0.126 e. The summed E-state index contributed by atoms with van der Waals surface area (Å²) in [6.07, 6.45) is 7.48. The Balaban J connectivity index is 2.01. The molecule has 0 spiro atoms. The van der Waals surface area contributed by atoms with Crippen LogP contribution in [0.15, 0.2) is 60.7 Å². The molecule has 1 heteroatoms. The topological polar surface area (TPSA) is 9.23 Å². The van der Waals surface area contributed by atoms with Crippen LogP contribution in [0, 0.1) is 6.42 Å². The molecule has 115 valence electrons. The van der Waals surface area contributed by atoms with Gasteiger partial charge in [-0.2, -0.15) is 0 Å². The zero-order valence-electron chi connectivity index (χ0n) is 13.6. The molecule has 0 aliphatic rings. The van der Waals surface area contributed by atoms with Crippen LogP contribution in [0.2, 0.25) is 0 Å². The first-order valence-electron chi connectivity index (χ1n) is 7.92. The van der Waals surface area contributed by atoms with Gasteiger partial charge in [-0.05, 0) is 40.8 Å². The summed E-state index contributed by atoms with van der Waals surface area (Å²) in [5.41, 5.74) is 3.66. The van der Waals surface area contributed by atoms with Gasteiger partial charge < -0.3 is 4.74 Å². The molecule has 0 amide bonds. The standard InChI is InChI=1S/C22H21O/c1-3-7-17-8-6-9-18(16-17)12-14-21-20-11-5-4-10-19(20)13-15-22(21)23-2/h3-6,8-16H,7H2,1-2H3/b14-12-. The number of hydrogen-bond acceptors (Lipinski definition) is 1. The molecule has 0 atom stereocenters. The Kier molecular flexibility index (Phi) is 4.77. The third kappa shape index (κ3) is 3.45. The molecule has 0 aliphatic heterocycles. The Bertz CT molecular complexity index is 830. The van der Waals surface area contributed by atoms with Crippen LogP contribution in [-0.2, 0) is 6.42 Å². The van der Waals surface area contributed by atoms with E-state index in [-0.39, 0.29) is 0 Å². The van der Waals surface area contributed by atoms with Crippen molar-refractivity contribution >= 4 is 22.9 Å². The van der Waals surface area contributed by atoms with Crippen LogP contribution in [0.5, 0.6) is 5.75 Å². The maximum absolute atomic E-state index is 5.55. The molecule has 1 nitrogen and oxygen atoms in total. The molecular formula is C22H21O. The highest BCUT2D eigenvalue weighted by atomic mass is 16.5. The minimum atomic E-state index is 0.901. The average molecular weight is 301 g/mol. The maximum atomic E-state index is 5.55. The SMILES string of the molecule is C[CH]Cc1cccc(/C=C\c2c(OC)ccc3ccccc23)c1. The maximum Gasteiger partial charge on any atom is 0.126 e. The lowest BCUT2D eigenvalue weighted by Gasteiger charge is -2.09. The molecule has 0 bridgehead atoms. The number of methoxy groups -OCH3 is 1. The van der Waals surface area contributed by atoms with Crippen LogP contribution in [0.4, 0.5) is 0 Å². The highest BCUT2D eigenvalue weighted by Crippen LogP contribution is 2.29. The van der Waals surface area contributed by atoms with Gasteiger partial charge in [0, 0.05) is 5.56 Å². The third-order valence-electron chi connectivity index (χ3n) is 3.98. The first-order chi connectivity index (χ1) is 11.3. The molecule has 3 aromatic rings. The lowest BCUT2D eigenvalue weighted by Crippen LogP contribution is -1.88. The van der Waals surface area contributed by atoms with Gasteiger partial charge in [0.15, 0.2) is 0 Å². The van der Waals surface area contributed by atoms with Crippen molar-refractivity contribution in [3.8, 4) is 5.75 Å². The highest BCUT2D eigenvalue weighted by molar-refractivity contribution is 5.95. The minimum Gasteiger partial charge on any atom is -0.496 e. The van der Waals surface area contributed by atoms with Gasteiger partial charge in [-0.1, -0.05) is 73.7 Å². The molecule has 3 aromatic carbocycles. The van der Waals surface area contributed by atoms with Gasteiger partial charge in [0.2, 0.25) is 0 Å². The third-order valence-corrected chi connectivity index (χ3v) is 3.98. The zero-order valence-corrected chi connectivity index (χ0v) is 13.6. The summed E-state index contributed by atoms with van der Waals surface area (Å²) < 4.78 is 5.55. The van der Waals surface area contributed by atoms with Crippen molar-refractivity contribution in [2.45, 2.75) is 13.3 Å². The van der Waals surface area contributed by atoms with E-state index in [1.807, 2.05) is 6.07 Å². The molecule has 0 aromatic heterocycles. The predicted molar refractivity (Wildman–Crippen MR) is 99.5 cm³/mol. The minimum absolute atomic E-state index is 0.901. The molecule has 0 saturated carbocycles. The highest BCUT2D eigenvalue weighted by Gasteiger charge is 2.05. The van der Waals surface area contributed by atoms with E-state index in [0.717, 1.165) is 17.7 Å². The van der Waals surface area contributed by atoms with Crippen LogP contribution < -0.4 is 4.74 Å². The van der Waals surface area contributed by atoms with E-state index in [4.69, 9.17) is 4.74 Å².